The van der Waals surface area contributed by atoms with Gasteiger partial charge in [-0.1, -0.05) is 48.0 Å². The van der Waals surface area contributed by atoms with Crippen molar-refractivity contribution in [2.45, 2.75) is 20.0 Å². The van der Waals surface area contributed by atoms with Crippen LogP contribution in [0.4, 0.5) is 0 Å². The van der Waals surface area contributed by atoms with Crippen LogP contribution in [0.5, 0.6) is 5.75 Å². The van der Waals surface area contributed by atoms with Gasteiger partial charge in [-0.2, -0.15) is 5.26 Å². The van der Waals surface area contributed by atoms with Gasteiger partial charge in [0.05, 0.1) is 22.4 Å². The molecular formula is C21H17ClN2OS. The molecule has 0 saturated carbocycles. The highest BCUT2D eigenvalue weighted by Gasteiger charge is 2.10. The summed E-state index contributed by atoms with van der Waals surface area (Å²) in [6.07, 6.45) is 1.84. The minimum Gasteiger partial charge on any atom is -0.489 e. The maximum atomic E-state index is 9.55. The number of nitrogens with zero attached hydrogens (tertiary/aromatic N) is 2. The third-order valence-corrected chi connectivity index (χ3v) is 4.73. The highest BCUT2D eigenvalue weighted by atomic mass is 35.5. The van der Waals surface area contributed by atoms with E-state index in [2.05, 4.69) is 11.1 Å². The van der Waals surface area contributed by atoms with Gasteiger partial charge in [-0.25, -0.2) is 4.98 Å². The molecule has 3 rings (SSSR count). The lowest BCUT2D eigenvalue weighted by molar-refractivity contribution is 0.242. The predicted molar refractivity (Wildman–Crippen MR) is 108 cm³/mol. The fourth-order valence-corrected chi connectivity index (χ4v) is 3.43. The van der Waals surface area contributed by atoms with Crippen molar-refractivity contribution in [2.75, 3.05) is 0 Å². The number of aromatic nitrogens is 1. The van der Waals surface area contributed by atoms with Crippen LogP contribution in [0, 0.1) is 11.3 Å². The van der Waals surface area contributed by atoms with Crippen molar-refractivity contribution in [3.8, 4) is 23.1 Å². The summed E-state index contributed by atoms with van der Waals surface area (Å²) in [4.78, 5) is 4.60. The van der Waals surface area contributed by atoms with Crippen LogP contribution in [0.2, 0.25) is 5.02 Å². The van der Waals surface area contributed by atoms with Crippen molar-refractivity contribution in [1.82, 2.24) is 4.98 Å². The SMILES string of the molecule is CC(C)Oc1ccc(/C=C(/C#N)c2nc(-c3ccccc3)cs2)cc1Cl. The third kappa shape index (κ3) is 4.32. The molecule has 0 fully saturated rings. The number of benzene rings is 2. The molecule has 3 aromatic rings. The van der Waals surface area contributed by atoms with Crippen LogP contribution < -0.4 is 4.74 Å². The summed E-state index contributed by atoms with van der Waals surface area (Å²) < 4.78 is 5.64. The van der Waals surface area contributed by atoms with Crippen molar-refractivity contribution in [1.29, 1.82) is 5.26 Å². The Balaban J connectivity index is 1.89. The summed E-state index contributed by atoms with van der Waals surface area (Å²) in [5.74, 6) is 0.637. The number of thiazole rings is 1. The fraction of sp³-hybridized carbons (Fsp3) is 0.143. The molecule has 0 aliphatic carbocycles. The van der Waals surface area contributed by atoms with E-state index in [0.717, 1.165) is 16.8 Å². The number of hydrogen-bond acceptors (Lipinski definition) is 4. The second-order valence-electron chi connectivity index (χ2n) is 5.93. The van der Waals surface area contributed by atoms with E-state index < -0.39 is 0 Å². The van der Waals surface area contributed by atoms with Crippen molar-refractivity contribution in [3.63, 3.8) is 0 Å². The zero-order valence-corrected chi connectivity index (χ0v) is 16.0. The molecule has 0 radical (unpaired) electrons. The summed E-state index contributed by atoms with van der Waals surface area (Å²) in [5.41, 5.74) is 3.24. The molecule has 26 heavy (non-hydrogen) atoms. The van der Waals surface area contributed by atoms with Gasteiger partial charge >= 0.3 is 0 Å². The highest BCUT2D eigenvalue weighted by molar-refractivity contribution is 7.11. The van der Waals surface area contributed by atoms with Gasteiger partial charge in [-0.15, -0.1) is 11.3 Å². The molecule has 3 nitrogen and oxygen atoms in total. The Bertz CT molecular complexity index is 971. The number of nitriles is 1. The first-order valence-electron chi connectivity index (χ1n) is 8.16. The maximum absolute atomic E-state index is 9.55. The summed E-state index contributed by atoms with van der Waals surface area (Å²) in [6.45, 7) is 3.90. The molecular weight excluding hydrogens is 364 g/mol. The second-order valence-corrected chi connectivity index (χ2v) is 7.20. The average molecular weight is 381 g/mol. The zero-order valence-electron chi connectivity index (χ0n) is 14.4. The Hall–Kier alpha value is -2.61. The van der Waals surface area contributed by atoms with E-state index in [1.54, 1.807) is 12.1 Å². The minimum absolute atomic E-state index is 0.0512. The van der Waals surface area contributed by atoms with Gasteiger partial charge in [-0.05, 0) is 37.6 Å². The van der Waals surface area contributed by atoms with Crippen LogP contribution in [-0.2, 0) is 0 Å². The number of ether oxygens (including phenoxy) is 1. The third-order valence-electron chi connectivity index (χ3n) is 3.55. The molecule has 0 unspecified atom stereocenters. The molecule has 0 aliphatic rings. The Labute approximate surface area is 162 Å². The van der Waals surface area contributed by atoms with Crippen LogP contribution in [-0.4, -0.2) is 11.1 Å². The molecule has 0 amide bonds. The van der Waals surface area contributed by atoms with Crippen LogP contribution in [0.3, 0.4) is 0 Å². The molecule has 5 heteroatoms. The quantitative estimate of drug-likeness (QED) is 0.487. The van der Waals surface area contributed by atoms with Gasteiger partial charge in [0.1, 0.15) is 16.8 Å². The lowest BCUT2D eigenvalue weighted by Crippen LogP contribution is -2.05. The maximum Gasteiger partial charge on any atom is 0.138 e. The molecule has 2 aromatic carbocycles. The Morgan fingerprint density at radius 3 is 2.65 bits per heavy atom. The van der Waals surface area contributed by atoms with Crippen LogP contribution >= 0.6 is 22.9 Å². The standard InChI is InChI=1S/C21H17ClN2OS/c1-14(2)25-20-9-8-15(11-18(20)22)10-17(12-23)21-24-19(13-26-21)16-6-4-3-5-7-16/h3-11,13-14H,1-2H3/b17-10-. The van der Waals surface area contributed by atoms with Crippen molar-refractivity contribution < 1.29 is 4.74 Å². The molecule has 0 bridgehead atoms. The summed E-state index contributed by atoms with van der Waals surface area (Å²) >= 11 is 7.73. The van der Waals surface area contributed by atoms with Crippen LogP contribution in [0.15, 0.2) is 53.9 Å². The summed E-state index contributed by atoms with van der Waals surface area (Å²) in [6, 6.07) is 17.6. The van der Waals surface area contributed by atoms with E-state index in [1.807, 2.05) is 61.7 Å². The normalized spacial score (nSPS) is 11.4. The van der Waals surface area contributed by atoms with Gasteiger partial charge in [0.15, 0.2) is 0 Å². The molecule has 1 heterocycles. The molecule has 0 N–H and O–H groups in total. The average Bonchev–Trinajstić information content (AvgIpc) is 3.12. The van der Waals surface area contributed by atoms with Crippen molar-refractivity contribution in [2.24, 2.45) is 0 Å². The number of halogens is 1. The van der Waals surface area contributed by atoms with Gasteiger partial charge in [0.25, 0.3) is 0 Å². The molecule has 0 atom stereocenters. The van der Waals surface area contributed by atoms with E-state index in [4.69, 9.17) is 16.3 Å². The van der Waals surface area contributed by atoms with Gasteiger partial charge in [0, 0.05) is 10.9 Å². The topological polar surface area (TPSA) is 45.9 Å². The van der Waals surface area contributed by atoms with E-state index >= 15 is 0 Å². The van der Waals surface area contributed by atoms with Crippen LogP contribution in [0.1, 0.15) is 24.4 Å². The number of hydrogen-bond donors (Lipinski definition) is 0. The van der Waals surface area contributed by atoms with E-state index in [-0.39, 0.29) is 6.10 Å². The van der Waals surface area contributed by atoms with Crippen LogP contribution in [0.25, 0.3) is 22.9 Å². The monoisotopic (exact) mass is 380 g/mol. The molecule has 0 spiro atoms. The van der Waals surface area contributed by atoms with E-state index in [0.29, 0.717) is 21.4 Å². The smallest absolute Gasteiger partial charge is 0.138 e. The second kappa shape index (κ2) is 8.18. The first-order chi connectivity index (χ1) is 12.6. The summed E-state index contributed by atoms with van der Waals surface area (Å²) in [5, 5.41) is 12.7. The van der Waals surface area contributed by atoms with Crippen molar-refractivity contribution >= 4 is 34.6 Å². The van der Waals surface area contributed by atoms with Gasteiger partial charge in [-0.3, -0.25) is 0 Å². The first kappa shape index (κ1) is 18.2. The lowest BCUT2D eigenvalue weighted by atomic mass is 10.1. The fourth-order valence-electron chi connectivity index (χ4n) is 2.40. The zero-order chi connectivity index (χ0) is 18.5. The number of allylic oxidation sites excluding steroid dienone is 1. The highest BCUT2D eigenvalue weighted by Crippen LogP contribution is 2.30. The molecule has 1 aromatic heterocycles. The first-order valence-corrected chi connectivity index (χ1v) is 9.42. The molecule has 130 valence electrons. The molecule has 0 aliphatic heterocycles. The Kier molecular flexibility index (Phi) is 5.72. The van der Waals surface area contributed by atoms with E-state index in [9.17, 15) is 5.26 Å². The predicted octanol–water partition coefficient (Wildman–Crippen LogP) is 6.31. The summed E-state index contributed by atoms with van der Waals surface area (Å²) in [7, 11) is 0. The van der Waals surface area contributed by atoms with Gasteiger partial charge < -0.3 is 4.74 Å². The van der Waals surface area contributed by atoms with E-state index in [1.165, 1.54) is 11.3 Å². The van der Waals surface area contributed by atoms with Crippen molar-refractivity contribution in [3.05, 3.63) is 69.5 Å². The Morgan fingerprint density at radius 2 is 2.00 bits per heavy atom. The number of rotatable bonds is 5. The Morgan fingerprint density at radius 1 is 1.23 bits per heavy atom. The van der Waals surface area contributed by atoms with Gasteiger partial charge in [0.2, 0.25) is 0 Å². The lowest BCUT2D eigenvalue weighted by Gasteiger charge is -2.11. The molecule has 0 saturated heterocycles. The minimum atomic E-state index is 0.0512. The largest absolute Gasteiger partial charge is 0.489 e.